The molecule has 120 valence electrons. The summed E-state index contributed by atoms with van der Waals surface area (Å²) in [5.41, 5.74) is 2.50. The first-order chi connectivity index (χ1) is 11.5. The van der Waals surface area contributed by atoms with E-state index in [0.29, 0.717) is 0 Å². The predicted octanol–water partition coefficient (Wildman–Crippen LogP) is 2.74. The molecule has 2 fully saturated rings. The number of pyridine rings is 1. The van der Waals surface area contributed by atoms with Crippen molar-refractivity contribution in [3.63, 3.8) is 0 Å². The Balaban J connectivity index is 1.67. The molecule has 5 rings (SSSR count). The quantitative estimate of drug-likeness (QED) is 0.629. The lowest BCUT2D eigenvalue weighted by molar-refractivity contribution is -0.126. The van der Waals surface area contributed by atoms with E-state index in [0.717, 1.165) is 22.2 Å². The van der Waals surface area contributed by atoms with E-state index in [9.17, 15) is 9.59 Å². The lowest BCUT2D eigenvalue weighted by Crippen LogP contribution is -2.38. The highest BCUT2D eigenvalue weighted by Gasteiger charge is 2.70. The number of alkyl halides is 2. The average Bonchev–Trinajstić information content (AvgIpc) is 3.11. The van der Waals surface area contributed by atoms with Crippen molar-refractivity contribution in [2.75, 3.05) is 0 Å². The van der Waals surface area contributed by atoms with Crippen LogP contribution in [0, 0.1) is 17.8 Å². The van der Waals surface area contributed by atoms with E-state index in [4.69, 9.17) is 28.2 Å². The van der Waals surface area contributed by atoms with Crippen LogP contribution in [0.25, 0.3) is 16.5 Å². The maximum absolute atomic E-state index is 12.2. The highest BCUT2D eigenvalue weighted by atomic mass is 35.5. The van der Waals surface area contributed by atoms with Gasteiger partial charge in [-0.15, -0.1) is 23.2 Å². The second-order valence-electron chi connectivity index (χ2n) is 6.60. The second-order valence-corrected chi connectivity index (χ2v) is 7.73. The van der Waals surface area contributed by atoms with E-state index in [2.05, 4.69) is 5.32 Å². The summed E-state index contributed by atoms with van der Waals surface area (Å²) in [7, 11) is 0. The topological polar surface area (TPSA) is 59.1 Å². The Labute approximate surface area is 147 Å². The summed E-state index contributed by atoms with van der Waals surface area (Å²) in [6, 6.07) is 11.7. The normalized spacial score (nSPS) is 36.8. The van der Waals surface area contributed by atoms with Crippen molar-refractivity contribution in [1.82, 2.24) is 10.3 Å². The Bertz CT molecular complexity index is 957. The third kappa shape index (κ3) is 1.63. The van der Waals surface area contributed by atoms with Gasteiger partial charge in [-0.3, -0.25) is 14.9 Å². The van der Waals surface area contributed by atoms with E-state index < -0.39 is 22.1 Å². The summed E-state index contributed by atoms with van der Waals surface area (Å²) in [6.07, 6.45) is 1.84. The number of nitrogens with one attached hydrogen (secondary N) is 1. The van der Waals surface area contributed by atoms with Crippen molar-refractivity contribution in [1.29, 1.82) is 0 Å². The highest BCUT2D eigenvalue weighted by molar-refractivity contribution is 6.38. The number of allylic oxidation sites excluding steroid dienone is 2. The van der Waals surface area contributed by atoms with Crippen LogP contribution in [0.4, 0.5) is 0 Å². The zero-order chi connectivity index (χ0) is 16.6. The van der Waals surface area contributed by atoms with E-state index >= 15 is 0 Å². The molecule has 6 heteroatoms. The Hall–Kier alpha value is -1.91. The molecule has 1 aromatic heterocycles. The minimum atomic E-state index is -1.03. The van der Waals surface area contributed by atoms with Gasteiger partial charge < -0.3 is 0 Å². The van der Waals surface area contributed by atoms with E-state index in [1.807, 2.05) is 42.5 Å². The molecular weight excluding hydrogens is 347 g/mol. The number of halogens is 2. The fourth-order valence-corrected chi connectivity index (χ4v) is 5.38. The van der Waals surface area contributed by atoms with Crippen molar-refractivity contribution < 1.29 is 9.59 Å². The molecule has 2 aromatic rings. The van der Waals surface area contributed by atoms with Gasteiger partial charge in [-0.05, 0) is 17.7 Å². The molecule has 1 saturated heterocycles. The largest absolute Gasteiger partial charge is 0.296 e. The van der Waals surface area contributed by atoms with E-state index in [1.165, 1.54) is 0 Å². The van der Waals surface area contributed by atoms with Crippen molar-refractivity contribution in [2.24, 2.45) is 17.8 Å². The first-order valence-corrected chi connectivity index (χ1v) is 8.59. The fourth-order valence-electron chi connectivity index (χ4n) is 4.40. The SMILES string of the molecule is O=C1NC(=O)C2C1C1C(c3ccc4ccccc4n3)=CC2(Cl)C1Cl. The first kappa shape index (κ1) is 14.4. The molecule has 4 nitrogen and oxygen atoms in total. The monoisotopic (exact) mass is 358 g/mol. The molecule has 0 radical (unpaired) electrons. The molecule has 1 N–H and O–H groups in total. The molecule has 2 heterocycles. The van der Waals surface area contributed by atoms with Gasteiger partial charge in [-0.1, -0.05) is 30.3 Å². The number of fused-ring (bicyclic) bond motifs is 6. The van der Waals surface area contributed by atoms with Crippen molar-refractivity contribution in [3.8, 4) is 0 Å². The highest BCUT2D eigenvalue weighted by Crippen LogP contribution is 2.63. The number of amides is 2. The number of hydrogen-bond acceptors (Lipinski definition) is 3. The van der Waals surface area contributed by atoms with Gasteiger partial charge in [0.1, 0.15) is 0 Å². The Morgan fingerprint density at radius 1 is 1.04 bits per heavy atom. The van der Waals surface area contributed by atoms with Crippen molar-refractivity contribution >= 4 is 51.5 Å². The predicted molar refractivity (Wildman–Crippen MR) is 91.6 cm³/mol. The molecule has 1 aliphatic heterocycles. The molecule has 0 spiro atoms. The van der Waals surface area contributed by atoms with Gasteiger partial charge in [0.2, 0.25) is 11.8 Å². The molecule has 3 aliphatic rings. The molecule has 2 amide bonds. The fraction of sp³-hybridized carbons (Fsp3) is 0.278. The zero-order valence-corrected chi connectivity index (χ0v) is 13.9. The van der Waals surface area contributed by atoms with E-state index in [1.54, 1.807) is 0 Å². The summed E-state index contributed by atoms with van der Waals surface area (Å²) >= 11 is 13.3. The van der Waals surface area contributed by atoms with Crippen molar-refractivity contribution in [3.05, 3.63) is 48.2 Å². The summed E-state index contributed by atoms with van der Waals surface area (Å²) in [5, 5.41) is 2.94. The second kappa shape index (κ2) is 4.58. The van der Waals surface area contributed by atoms with Crippen LogP contribution >= 0.6 is 23.2 Å². The maximum atomic E-state index is 12.2. The minimum Gasteiger partial charge on any atom is -0.296 e. The van der Waals surface area contributed by atoms with Crippen LogP contribution in [0.2, 0.25) is 0 Å². The van der Waals surface area contributed by atoms with Gasteiger partial charge in [-0.25, -0.2) is 4.98 Å². The molecule has 2 aliphatic carbocycles. The number of aromatic nitrogens is 1. The number of para-hydroxylation sites is 1. The summed E-state index contributed by atoms with van der Waals surface area (Å²) in [4.78, 5) is 28.0. The molecule has 1 aromatic carbocycles. The number of benzene rings is 1. The van der Waals surface area contributed by atoms with Gasteiger partial charge in [0.15, 0.2) is 0 Å². The van der Waals surface area contributed by atoms with Gasteiger partial charge in [0.25, 0.3) is 0 Å². The van der Waals surface area contributed by atoms with Crippen LogP contribution in [-0.4, -0.2) is 27.0 Å². The first-order valence-electron chi connectivity index (χ1n) is 7.77. The number of carbonyl (C=O) groups is 2. The number of rotatable bonds is 1. The number of imide groups is 1. The number of carbonyl (C=O) groups excluding carboxylic acids is 2. The molecule has 2 bridgehead atoms. The van der Waals surface area contributed by atoms with Gasteiger partial charge in [-0.2, -0.15) is 0 Å². The standard InChI is InChI=1S/C18H12Cl2N2O2/c19-15-12-9(11-6-5-8-3-1-2-4-10(8)21-11)7-18(15,20)14-13(12)16(23)22-17(14)24/h1-7,12-15H,(H,22,23,24). The van der Waals surface area contributed by atoms with Crippen LogP contribution in [0.5, 0.6) is 0 Å². The minimum absolute atomic E-state index is 0.283. The zero-order valence-electron chi connectivity index (χ0n) is 12.4. The molecule has 5 unspecified atom stereocenters. The van der Waals surface area contributed by atoms with Gasteiger partial charge in [0, 0.05) is 11.3 Å². The average molecular weight is 359 g/mol. The third-order valence-electron chi connectivity index (χ3n) is 5.42. The molecular formula is C18H12Cl2N2O2. The maximum Gasteiger partial charge on any atom is 0.232 e. The lowest BCUT2D eigenvalue weighted by atomic mass is 9.79. The van der Waals surface area contributed by atoms with Crippen LogP contribution in [0.3, 0.4) is 0 Å². The number of nitrogens with zero attached hydrogens (tertiary/aromatic N) is 1. The van der Waals surface area contributed by atoms with Crippen LogP contribution < -0.4 is 5.32 Å². The smallest absolute Gasteiger partial charge is 0.232 e. The molecule has 5 atom stereocenters. The summed E-state index contributed by atoms with van der Waals surface area (Å²) in [5.74, 6) is -2.01. The van der Waals surface area contributed by atoms with Gasteiger partial charge in [0.05, 0.1) is 33.3 Å². The van der Waals surface area contributed by atoms with Crippen LogP contribution in [0.1, 0.15) is 5.69 Å². The Kier molecular flexibility index (Phi) is 2.76. The van der Waals surface area contributed by atoms with E-state index in [-0.39, 0.29) is 17.7 Å². The summed E-state index contributed by atoms with van der Waals surface area (Å²) in [6.45, 7) is 0. The summed E-state index contributed by atoms with van der Waals surface area (Å²) < 4.78 is 0. The number of hydrogen-bond donors (Lipinski definition) is 1. The van der Waals surface area contributed by atoms with Crippen LogP contribution in [-0.2, 0) is 9.59 Å². The Morgan fingerprint density at radius 3 is 2.67 bits per heavy atom. The Morgan fingerprint density at radius 2 is 1.83 bits per heavy atom. The lowest BCUT2D eigenvalue weighted by Gasteiger charge is -2.25. The van der Waals surface area contributed by atoms with Gasteiger partial charge >= 0.3 is 0 Å². The molecule has 1 saturated carbocycles. The third-order valence-corrected chi connectivity index (χ3v) is 6.75. The molecule has 24 heavy (non-hydrogen) atoms. The van der Waals surface area contributed by atoms with Crippen LogP contribution in [0.15, 0.2) is 42.5 Å². The van der Waals surface area contributed by atoms with Crippen molar-refractivity contribution in [2.45, 2.75) is 10.3 Å².